The van der Waals surface area contributed by atoms with Gasteiger partial charge >= 0.3 is 0 Å². The minimum Gasteiger partial charge on any atom is -0.494 e. The molecular formula is C12H16O2S. The van der Waals surface area contributed by atoms with Crippen LogP contribution in [0, 0.1) is 0 Å². The van der Waals surface area contributed by atoms with Gasteiger partial charge in [0.2, 0.25) is 0 Å². The SMILES string of the molecule is CCOc1ccc(C(C)=O)cc1CSC. The summed E-state index contributed by atoms with van der Waals surface area (Å²) in [5.41, 5.74) is 1.85. The Bertz CT molecular complexity index is 347. The van der Waals surface area contributed by atoms with E-state index in [1.807, 2.05) is 31.4 Å². The first-order valence-electron chi connectivity index (χ1n) is 4.94. The molecule has 0 aromatic heterocycles. The molecule has 82 valence electrons. The zero-order chi connectivity index (χ0) is 11.3. The standard InChI is InChI=1S/C12H16O2S/c1-4-14-12-6-5-10(9(2)13)7-11(12)8-15-3/h5-7H,4,8H2,1-3H3. The van der Waals surface area contributed by atoms with Crippen LogP contribution in [0.4, 0.5) is 0 Å². The zero-order valence-corrected chi connectivity index (χ0v) is 10.2. The molecular weight excluding hydrogens is 208 g/mol. The Balaban J connectivity index is 3.02. The average molecular weight is 224 g/mol. The number of hydrogen-bond acceptors (Lipinski definition) is 3. The molecule has 0 N–H and O–H groups in total. The van der Waals surface area contributed by atoms with Crippen molar-refractivity contribution in [2.45, 2.75) is 19.6 Å². The van der Waals surface area contributed by atoms with Gasteiger partial charge in [0.25, 0.3) is 0 Å². The van der Waals surface area contributed by atoms with Crippen molar-refractivity contribution in [3.05, 3.63) is 29.3 Å². The molecule has 0 fully saturated rings. The fourth-order valence-electron chi connectivity index (χ4n) is 1.36. The number of rotatable bonds is 5. The molecule has 0 aliphatic carbocycles. The lowest BCUT2D eigenvalue weighted by molar-refractivity contribution is 0.101. The molecule has 0 spiro atoms. The second-order valence-electron chi connectivity index (χ2n) is 3.24. The second kappa shape index (κ2) is 5.81. The van der Waals surface area contributed by atoms with Gasteiger partial charge in [-0.1, -0.05) is 0 Å². The topological polar surface area (TPSA) is 26.3 Å². The summed E-state index contributed by atoms with van der Waals surface area (Å²) in [6.45, 7) is 4.20. The lowest BCUT2D eigenvalue weighted by Gasteiger charge is -2.10. The van der Waals surface area contributed by atoms with Crippen molar-refractivity contribution in [1.29, 1.82) is 0 Å². The van der Waals surface area contributed by atoms with Crippen LogP contribution < -0.4 is 4.74 Å². The minimum atomic E-state index is 0.0976. The first kappa shape index (κ1) is 12.1. The normalized spacial score (nSPS) is 10.1. The van der Waals surface area contributed by atoms with Gasteiger partial charge in [0.05, 0.1) is 6.61 Å². The van der Waals surface area contributed by atoms with E-state index in [1.165, 1.54) is 0 Å². The highest BCUT2D eigenvalue weighted by Crippen LogP contribution is 2.24. The van der Waals surface area contributed by atoms with Gasteiger partial charge in [-0.05, 0) is 38.3 Å². The molecule has 0 aliphatic rings. The minimum absolute atomic E-state index is 0.0976. The van der Waals surface area contributed by atoms with Crippen LogP contribution in [0.3, 0.4) is 0 Å². The van der Waals surface area contributed by atoms with Crippen molar-refractivity contribution in [3.63, 3.8) is 0 Å². The van der Waals surface area contributed by atoms with Crippen molar-refractivity contribution in [1.82, 2.24) is 0 Å². The lowest BCUT2D eigenvalue weighted by Crippen LogP contribution is -1.99. The fraction of sp³-hybridized carbons (Fsp3) is 0.417. The molecule has 0 saturated heterocycles. The number of ketones is 1. The highest BCUT2D eigenvalue weighted by atomic mass is 32.2. The third-order valence-electron chi connectivity index (χ3n) is 2.07. The lowest BCUT2D eigenvalue weighted by atomic mass is 10.1. The monoisotopic (exact) mass is 224 g/mol. The first-order valence-corrected chi connectivity index (χ1v) is 6.34. The zero-order valence-electron chi connectivity index (χ0n) is 9.37. The highest BCUT2D eigenvalue weighted by Gasteiger charge is 2.06. The van der Waals surface area contributed by atoms with Crippen LogP contribution in [0.15, 0.2) is 18.2 Å². The van der Waals surface area contributed by atoms with Gasteiger partial charge in [0.15, 0.2) is 5.78 Å². The Hall–Kier alpha value is -0.960. The summed E-state index contributed by atoms with van der Waals surface area (Å²) in [5, 5.41) is 0. The highest BCUT2D eigenvalue weighted by molar-refractivity contribution is 7.97. The molecule has 1 rings (SSSR count). The van der Waals surface area contributed by atoms with Crippen molar-refractivity contribution >= 4 is 17.5 Å². The number of ether oxygens (including phenoxy) is 1. The maximum absolute atomic E-state index is 11.2. The quantitative estimate of drug-likeness (QED) is 0.719. The first-order chi connectivity index (χ1) is 7.19. The van der Waals surface area contributed by atoms with Gasteiger partial charge < -0.3 is 4.74 Å². The Kier molecular flexibility index (Phi) is 4.69. The smallest absolute Gasteiger partial charge is 0.159 e. The molecule has 0 atom stereocenters. The van der Waals surface area contributed by atoms with E-state index < -0.39 is 0 Å². The van der Waals surface area contributed by atoms with E-state index in [1.54, 1.807) is 18.7 Å². The van der Waals surface area contributed by atoms with Crippen LogP contribution in [-0.4, -0.2) is 18.6 Å². The molecule has 0 aliphatic heterocycles. The second-order valence-corrected chi connectivity index (χ2v) is 4.11. The van der Waals surface area contributed by atoms with Gasteiger partial charge in [0.1, 0.15) is 5.75 Å². The number of benzene rings is 1. The molecule has 0 heterocycles. The van der Waals surface area contributed by atoms with E-state index >= 15 is 0 Å². The van der Waals surface area contributed by atoms with Crippen LogP contribution in [0.5, 0.6) is 5.75 Å². The Morgan fingerprint density at radius 1 is 1.47 bits per heavy atom. The molecule has 0 unspecified atom stereocenters. The predicted molar refractivity (Wildman–Crippen MR) is 64.8 cm³/mol. The summed E-state index contributed by atoms with van der Waals surface area (Å²) >= 11 is 1.72. The summed E-state index contributed by atoms with van der Waals surface area (Å²) in [4.78, 5) is 11.2. The van der Waals surface area contributed by atoms with Crippen LogP contribution >= 0.6 is 11.8 Å². The van der Waals surface area contributed by atoms with Gasteiger partial charge in [0, 0.05) is 16.9 Å². The molecule has 15 heavy (non-hydrogen) atoms. The number of carbonyl (C=O) groups is 1. The summed E-state index contributed by atoms with van der Waals surface area (Å²) in [6, 6.07) is 5.62. The van der Waals surface area contributed by atoms with Crippen LogP contribution in [0.2, 0.25) is 0 Å². The maximum Gasteiger partial charge on any atom is 0.159 e. The van der Waals surface area contributed by atoms with Crippen molar-refractivity contribution in [3.8, 4) is 5.75 Å². The van der Waals surface area contributed by atoms with Gasteiger partial charge in [-0.15, -0.1) is 0 Å². The third kappa shape index (κ3) is 3.27. The van der Waals surface area contributed by atoms with E-state index in [0.717, 1.165) is 22.6 Å². The predicted octanol–water partition coefficient (Wildman–Crippen LogP) is 3.15. The maximum atomic E-state index is 11.2. The molecule has 1 aromatic rings. The summed E-state index contributed by atoms with van der Waals surface area (Å²) in [6.07, 6.45) is 2.04. The molecule has 2 nitrogen and oxygen atoms in total. The van der Waals surface area contributed by atoms with Gasteiger partial charge in [-0.3, -0.25) is 4.79 Å². The Morgan fingerprint density at radius 3 is 2.73 bits per heavy atom. The van der Waals surface area contributed by atoms with Gasteiger partial charge in [-0.25, -0.2) is 0 Å². The largest absolute Gasteiger partial charge is 0.494 e. The van der Waals surface area contributed by atoms with Crippen LogP contribution in [0.1, 0.15) is 29.8 Å². The van der Waals surface area contributed by atoms with Crippen molar-refractivity contribution in [2.24, 2.45) is 0 Å². The molecule has 0 radical (unpaired) electrons. The molecule has 0 amide bonds. The number of hydrogen-bond donors (Lipinski definition) is 0. The number of Topliss-reactive ketones (excluding diaryl/α,β-unsaturated/α-hetero) is 1. The van der Waals surface area contributed by atoms with E-state index in [0.29, 0.717) is 6.61 Å². The molecule has 1 aromatic carbocycles. The summed E-state index contributed by atoms with van der Waals surface area (Å²) in [7, 11) is 0. The van der Waals surface area contributed by atoms with Crippen LogP contribution in [0.25, 0.3) is 0 Å². The van der Waals surface area contributed by atoms with E-state index in [9.17, 15) is 4.79 Å². The Labute approximate surface area is 95.0 Å². The van der Waals surface area contributed by atoms with Crippen molar-refractivity contribution < 1.29 is 9.53 Å². The molecule has 3 heteroatoms. The summed E-state index contributed by atoms with van der Waals surface area (Å²) in [5.74, 6) is 1.86. The molecule has 0 bridgehead atoms. The van der Waals surface area contributed by atoms with E-state index in [2.05, 4.69) is 0 Å². The van der Waals surface area contributed by atoms with E-state index in [4.69, 9.17) is 4.74 Å². The average Bonchev–Trinajstić information content (AvgIpc) is 2.21. The number of thioether (sulfide) groups is 1. The number of carbonyl (C=O) groups excluding carboxylic acids is 1. The molecule has 0 saturated carbocycles. The van der Waals surface area contributed by atoms with Crippen molar-refractivity contribution in [2.75, 3.05) is 12.9 Å². The van der Waals surface area contributed by atoms with Crippen LogP contribution in [-0.2, 0) is 5.75 Å². The Morgan fingerprint density at radius 2 is 2.20 bits per heavy atom. The van der Waals surface area contributed by atoms with E-state index in [-0.39, 0.29) is 5.78 Å². The van der Waals surface area contributed by atoms with Gasteiger partial charge in [-0.2, -0.15) is 11.8 Å². The third-order valence-corrected chi connectivity index (χ3v) is 2.67. The fourth-order valence-corrected chi connectivity index (χ4v) is 1.90. The summed E-state index contributed by atoms with van der Waals surface area (Å²) < 4.78 is 5.50.